The number of benzene rings is 2. The van der Waals surface area contributed by atoms with Gasteiger partial charge in [0, 0.05) is 6.08 Å². The molecule has 5 rings (SSSR count). The summed E-state index contributed by atoms with van der Waals surface area (Å²) in [5.41, 5.74) is 4.18. The summed E-state index contributed by atoms with van der Waals surface area (Å²) in [6.07, 6.45) is 1.99. The normalized spacial score (nSPS) is 19.5. The summed E-state index contributed by atoms with van der Waals surface area (Å²) in [7, 11) is 0. The maximum Gasteiger partial charge on any atom is 0.237 e. The minimum absolute atomic E-state index is 0.453. The lowest BCUT2D eigenvalue weighted by Crippen LogP contribution is -2.38. The molecule has 0 amide bonds. The lowest BCUT2D eigenvalue weighted by Gasteiger charge is -2.31. The Morgan fingerprint density at radius 1 is 1.07 bits per heavy atom. The molecule has 1 spiro atoms. The number of para-hydroxylation sites is 1. The highest BCUT2D eigenvalue weighted by Gasteiger charge is 2.47. The largest absolute Gasteiger partial charge is 0.458 e. The smallest absolute Gasteiger partial charge is 0.237 e. The van der Waals surface area contributed by atoms with Gasteiger partial charge in [0.15, 0.2) is 0 Å². The molecule has 5 heteroatoms. The molecule has 0 fully saturated rings. The number of anilines is 1. The molecule has 2 aliphatic heterocycles. The molecular weight excluding hydrogens is 350 g/mol. The van der Waals surface area contributed by atoms with E-state index in [9.17, 15) is 0 Å². The van der Waals surface area contributed by atoms with Gasteiger partial charge in [-0.3, -0.25) is 0 Å². The summed E-state index contributed by atoms with van der Waals surface area (Å²) < 4.78 is 14.4. The van der Waals surface area contributed by atoms with Gasteiger partial charge in [0.05, 0.1) is 17.1 Å². The van der Waals surface area contributed by atoms with E-state index in [2.05, 4.69) is 31.3 Å². The molecule has 1 N–H and O–H groups in total. The number of rotatable bonds is 2. The number of hydrogen-bond donors (Lipinski definition) is 1. The van der Waals surface area contributed by atoms with Gasteiger partial charge in [-0.05, 0) is 49.6 Å². The van der Waals surface area contributed by atoms with Crippen molar-refractivity contribution in [1.82, 2.24) is 9.78 Å². The molecule has 2 aliphatic rings. The summed E-state index contributed by atoms with van der Waals surface area (Å²) in [6.45, 7) is 8.32. The van der Waals surface area contributed by atoms with Gasteiger partial charge in [0.25, 0.3) is 0 Å². The molecule has 5 nitrogen and oxygen atoms in total. The van der Waals surface area contributed by atoms with Crippen LogP contribution in [0.4, 0.5) is 5.69 Å². The van der Waals surface area contributed by atoms with Crippen LogP contribution in [0.5, 0.6) is 11.6 Å². The number of ether oxygens (including phenoxy) is 2. The number of aromatic nitrogens is 2. The van der Waals surface area contributed by atoms with Gasteiger partial charge in [0.1, 0.15) is 17.1 Å². The molecule has 0 aliphatic carbocycles. The molecule has 0 bridgehead atoms. The monoisotopic (exact) mass is 373 g/mol. The minimum Gasteiger partial charge on any atom is -0.458 e. The van der Waals surface area contributed by atoms with E-state index < -0.39 is 5.72 Å². The first-order valence-corrected chi connectivity index (χ1v) is 9.61. The Labute approximate surface area is 164 Å². The first-order valence-electron chi connectivity index (χ1n) is 9.61. The number of hydrogen-bond acceptors (Lipinski definition) is 4. The van der Waals surface area contributed by atoms with Gasteiger partial charge in [-0.2, -0.15) is 5.10 Å². The van der Waals surface area contributed by atoms with Crippen molar-refractivity contribution in [2.24, 2.45) is 0 Å². The second-order valence-corrected chi connectivity index (χ2v) is 7.74. The summed E-state index contributed by atoms with van der Waals surface area (Å²) in [4.78, 5) is 0. The highest BCUT2D eigenvalue weighted by molar-refractivity contribution is 5.67. The lowest BCUT2D eigenvalue weighted by molar-refractivity contribution is 0.153. The molecule has 2 aromatic carbocycles. The van der Waals surface area contributed by atoms with Crippen molar-refractivity contribution in [2.75, 3.05) is 5.32 Å². The summed E-state index contributed by atoms with van der Waals surface area (Å²) in [5.74, 6) is 2.75. The van der Waals surface area contributed by atoms with E-state index in [1.54, 1.807) is 0 Å². The minimum atomic E-state index is -0.813. The van der Waals surface area contributed by atoms with Crippen molar-refractivity contribution in [3.63, 3.8) is 0 Å². The Bertz CT molecular complexity index is 1100. The van der Waals surface area contributed by atoms with Crippen LogP contribution in [0.15, 0.2) is 60.4 Å². The van der Waals surface area contributed by atoms with E-state index >= 15 is 0 Å². The predicted molar refractivity (Wildman–Crippen MR) is 109 cm³/mol. The van der Waals surface area contributed by atoms with Gasteiger partial charge < -0.3 is 14.8 Å². The summed E-state index contributed by atoms with van der Waals surface area (Å²) >= 11 is 0. The van der Waals surface area contributed by atoms with Crippen LogP contribution >= 0.6 is 0 Å². The number of nitrogens with zero attached hydrogens (tertiary/aromatic N) is 2. The van der Waals surface area contributed by atoms with E-state index in [0.29, 0.717) is 11.8 Å². The molecule has 142 valence electrons. The molecule has 28 heavy (non-hydrogen) atoms. The van der Waals surface area contributed by atoms with Gasteiger partial charge >= 0.3 is 0 Å². The Balaban J connectivity index is 1.65. The highest BCUT2D eigenvalue weighted by Crippen LogP contribution is 2.50. The number of nitrogens with one attached hydrogen (secondary N) is 1. The predicted octanol–water partition coefficient (Wildman–Crippen LogP) is 5.26. The van der Waals surface area contributed by atoms with E-state index in [0.717, 1.165) is 34.1 Å². The summed E-state index contributed by atoms with van der Waals surface area (Å²) in [5, 5.41) is 8.37. The van der Waals surface area contributed by atoms with E-state index in [1.807, 2.05) is 61.0 Å². The second kappa shape index (κ2) is 5.89. The van der Waals surface area contributed by atoms with Crippen LogP contribution < -0.4 is 14.8 Å². The van der Waals surface area contributed by atoms with E-state index in [4.69, 9.17) is 14.6 Å². The fourth-order valence-electron chi connectivity index (χ4n) is 3.98. The zero-order valence-corrected chi connectivity index (χ0v) is 16.5. The molecule has 3 heterocycles. The third-order valence-electron chi connectivity index (χ3n) is 5.32. The van der Waals surface area contributed by atoms with Crippen molar-refractivity contribution >= 4 is 5.69 Å². The van der Waals surface area contributed by atoms with Gasteiger partial charge in [0.2, 0.25) is 11.6 Å². The molecule has 0 saturated carbocycles. The fourth-order valence-corrected chi connectivity index (χ4v) is 3.98. The number of aryl methyl sites for hydroxylation is 1. The van der Waals surface area contributed by atoms with Crippen LogP contribution in [0.25, 0.3) is 5.69 Å². The fraction of sp³-hybridized carbons (Fsp3) is 0.261. The van der Waals surface area contributed by atoms with Crippen molar-refractivity contribution < 1.29 is 9.47 Å². The Morgan fingerprint density at radius 3 is 2.61 bits per heavy atom. The van der Waals surface area contributed by atoms with Crippen LogP contribution in [0.3, 0.4) is 0 Å². The lowest BCUT2D eigenvalue weighted by atomic mass is 10.00. The van der Waals surface area contributed by atoms with Crippen LogP contribution in [0, 0.1) is 6.92 Å². The van der Waals surface area contributed by atoms with Gasteiger partial charge in [-0.15, -0.1) is 0 Å². The molecule has 3 aromatic rings. The Hall–Kier alpha value is -3.21. The molecule has 0 radical (unpaired) electrons. The van der Waals surface area contributed by atoms with Crippen LogP contribution in [-0.2, 0) is 5.72 Å². The van der Waals surface area contributed by atoms with Crippen molar-refractivity contribution in [3.05, 3.63) is 77.2 Å². The second-order valence-electron chi connectivity index (χ2n) is 7.74. The van der Waals surface area contributed by atoms with Gasteiger partial charge in [-0.25, -0.2) is 4.68 Å². The Morgan fingerprint density at radius 2 is 1.86 bits per heavy atom. The molecule has 1 aromatic heterocycles. The molecular formula is C23H23N3O2. The highest BCUT2D eigenvalue weighted by atomic mass is 16.5. The molecule has 0 saturated heterocycles. The summed E-state index contributed by atoms with van der Waals surface area (Å²) in [6, 6.07) is 16.4. The van der Waals surface area contributed by atoms with Crippen LogP contribution in [-0.4, -0.2) is 9.78 Å². The SMILES string of the molecule is CC1=C[C@]2(Nc3cc(C(C)C)ccc3O2)c2c(C)nn(-c3ccccc3)c2O1. The number of fused-ring (bicyclic) bond motifs is 3. The van der Waals surface area contributed by atoms with E-state index in [-0.39, 0.29) is 0 Å². The molecule has 0 unspecified atom stereocenters. The quantitative estimate of drug-likeness (QED) is 0.666. The third-order valence-corrected chi connectivity index (χ3v) is 5.32. The van der Waals surface area contributed by atoms with Crippen LogP contribution in [0.1, 0.15) is 43.5 Å². The Kier molecular flexibility index (Phi) is 3.56. The van der Waals surface area contributed by atoms with E-state index in [1.165, 1.54) is 5.56 Å². The zero-order chi connectivity index (χ0) is 19.5. The average Bonchev–Trinajstić information content (AvgIpc) is 3.19. The topological polar surface area (TPSA) is 48.3 Å². The van der Waals surface area contributed by atoms with Crippen molar-refractivity contribution in [1.29, 1.82) is 0 Å². The van der Waals surface area contributed by atoms with Crippen molar-refractivity contribution in [2.45, 2.75) is 39.3 Å². The zero-order valence-electron chi connectivity index (χ0n) is 16.5. The number of allylic oxidation sites excluding steroid dienone is 1. The first kappa shape index (κ1) is 16.9. The van der Waals surface area contributed by atoms with Gasteiger partial charge in [-0.1, -0.05) is 38.1 Å². The third kappa shape index (κ3) is 2.43. The van der Waals surface area contributed by atoms with Crippen LogP contribution in [0.2, 0.25) is 0 Å². The van der Waals surface area contributed by atoms with Crippen molar-refractivity contribution in [3.8, 4) is 17.3 Å². The molecule has 1 atom stereocenters. The first-order chi connectivity index (χ1) is 13.5. The maximum absolute atomic E-state index is 6.48. The standard InChI is InChI=1S/C23H23N3O2/c1-14(2)17-10-11-20-19(12-17)24-23(28-20)13-15(3)27-22-21(23)16(4)25-26(22)18-8-6-5-7-9-18/h5-14,24H,1-4H3/t23-/m1/s1. The average molecular weight is 373 g/mol. The maximum atomic E-state index is 6.48.